The van der Waals surface area contributed by atoms with Crippen molar-refractivity contribution in [1.82, 2.24) is 49.0 Å². The lowest BCUT2D eigenvalue weighted by Crippen LogP contribution is -2.53. The van der Waals surface area contributed by atoms with Crippen molar-refractivity contribution >= 4 is 123 Å². The van der Waals surface area contributed by atoms with Crippen molar-refractivity contribution in [2.45, 2.75) is 82.7 Å². The predicted octanol–water partition coefficient (Wildman–Crippen LogP) is 4.11. The minimum atomic E-state index is -1.02. The summed E-state index contributed by atoms with van der Waals surface area (Å²) in [5, 5.41) is 19.0. The molecule has 7 N–H and O–H groups in total. The number of amides is 10. The largest absolute Gasteiger partial charge is 0.493 e. The lowest BCUT2D eigenvalue weighted by atomic mass is 10.0. The van der Waals surface area contributed by atoms with E-state index >= 15 is 0 Å². The number of aromatic nitrogens is 5. The number of carbonyl (C=O) groups excluding carboxylic acids is 11. The number of carbonyl (C=O) groups is 11. The Hall–Kier alpha value is -10.4. The Morgan fingerprint density at radius 3 is 2.15 bits per heavy atom. The molecule has 7 heterocycles. The monoisotopic (exact) mass is 1340 g/mol. The number of hydrogen-bond donors (Lipinski definition) is 8. The molecule has 0 aliphatic carbocycles. The smallest absolute Gasteiger partial charge is 0.291 e. The molecule has 3 aliphatic heterocycles. The fraction of sp³-hybridized carbons (Fsp3) is 0.400. The van der Waals surface area contributed by atoms with E-state index in [1.54, 1.807) is 106 Å². The van der Waals surface area contributed by atoms with Gasteiger partial charge in [0.25, 0.3) is 23.6 Å². The molecule has 96 heavy (non-hydrogen) atoms. The molecule has 31 heteroatoms. The summed E-state index contributed by atoms with van der Waals surface area (Å²) in [4.78, 5) is 155. The van der Waals surface area contributed by atoms with Crippen LogP contribution in [0.5, 0.6) is 11.5 Å². The van der Waals surface area contributed by atoms with Gasteiger partial charge in [0, 0.05) is 115 Å². The van der Waals surface area contributed by atoms with Crippen LogP contribution in [-0.2, 0) is 64.2 Å². The summed E-state index contributed by atoms with van der Waals surface area (Å²) in [5.41, 5.74) is 3.72. The predicted molar refractivity (Wildman–Crippen MR) is 356 cm³/mol. The highest BCUT2D eigenvalue weighted by Gasteiger charge is 2.37. The van der Waals surface area contributed by atoms with Crippen LogP contribution < -0.4 is 46.7 Å². The summed E-state index contributed by atoms with van der Waals surface area (Å²) in [7, 11) is 6.35. The fourth-order valence-electron chi connectivity index (χ4n) is 10.9. The molecule has 0 spiro atoms. The number of aliphatic imine (C=N–C) groups is 1. The second-order valence-corrected chi connectivity index (χ2v) is 24.2. The van der Waals surface area contributed by atoms with Crippen LogP contribution in [0.4, 0.5) is 28.6 Å². The van der Waals surface area contributed by atoms with E-state index in [9.17, 15) is 52.7 Å². The lowest BCUT2D eigenvalue weighted by molar-refractivity contribution is -0.138. The highest BCUT2D eigenvalue weighted by Crippen LogP contribution is 2.39. The average molecular weight is 1340 g/mol. The van der Waals surface area contributed by atoms with Gasteiger partial charge in [0.1, 0.15) is 23.5 Å². The topological polar surface area (TPSA) is 360 Å². The second kappa shape index (κ2) is 31.2. The van der Waals surface area contributed by atoms with Gasteiger partial charge in [-0.2, -0.15) is 12.6 Å². The van der Waals surface area contributed by atoms with E-state index in [2.05, 4.69) is 66.4 Å². The molecule has 0 bridgehead atoms. The van der Waals surface area contributed by atoms with Crippen molar-refractivity contribution in [3.05, 3.63) is 108 Å². The number of methoxy groups -OCH3 is 1. The Kier molecular flexibility index (Phi) is 22.7. The SMILES string of the molecule is C=C1C[C@H]2C=Nc3cc(OCCCC(=O)Nc4cn(C)c(C(=O)Nc5cc(C(=O)Nc6cc(C(=O)n7ccc8cc(NC(=O)[C@H](C)NC(=O)[C@@H](NC(=O)CCOCCOCCNC(=O)CCN9C(=O)CC(S)C9=O)C(C)C)ccc87)n(C)c6)n(C)c5)n4)c(OC)cc3C(=O)N2C1. The zero-order valence-corrected chi connectivity index (χ0v) is 55.0. The normalized spacial score (nSPS) is 15.6. The third-order valence-electron chi connectivity index (χ3n) is 16.0. The molecule has 1 unspecified atom stereocenters. The third-order valence-corrected chi connectivity index (χ3v) is 16.4. The zero-order chi connectivity index (χ0) is 69.1. The number of imidazole rings is 1. The molecule has 4 aromatic heterocycles. The van der Waals surface area contributed by atoms with Gasteiger partial charge in [-0.25, -0.2) is 4.98 Å². The van der Waals surface area contributed by atoms with Gasteiger partial charge in [-0.15, -0.1) is 0 Å². The Morgan fingerprint density at radius 1 is 0.708 bits per heavy atom. The molecule has 3 aliphatic rings. The van der Waals surface area contributed by atoms with E-state index in [1.807, 2.05) is 0 Å². The number of anilines is 4. The Morgan fingerprint density at radius 2 is 1.43 bits per heavy atom. The van der Waals surface area contributed by atoms with Gasteiger partial charge in [-0.05, 0) is 68.1 Å². The first-order valence-electron chi connectivity index (χ1n) is 31.0. The van der Waals surface area contributed by atoms with Crippen LogP contribution in [0, 0.1) is 5.92 Å². The highest BCUT2D eigenvalue weighted by molar-refractivity contribution is 7.81. The number of nitrogens with zero attached hydrogens (tertiary/aromatic N) is 8. The fourth-order valence-corrected chi connectivity index (χ4v) is 11.2. The molecule has 9 rings (SSSR count). The minimum Gasteiger partial charge on any atom is -0.493 e. The number of benzene rings is 2. The zero-order valence-electron chi connectivity index (χ0n) is 54.1. The molecule has 2 saturated heterocycles. The first-order valence-corrected chi connectivity index (χ1v) is 31.5. The van der Waals surface area contributed by atoms with E-state index in [1.165, 1.54) is 46.1 Å². The van der Waals surface area contributed by atoms with Crippen LogP contribution in [0.1, 0.15) is 101 Å². The number of fused-ring (bicyclic) bond motifs is 3. The number of imide groups is 1. The maximum absolute atomic E-state index is 14.0. The minimum absolute atomic E-state index is 0.0140. The molecule has 508 valence electrons. The Balaban J connectivity index is 0.681. The van der Waals surface area contributed by atoms with Crippen LogP contribution in [0.15, 0.2) is 90.5 Å². The molecule has 0 radical (unpaired) electrons. The summed E-state index contributed by atoms with van der Waals surface area (Å²) in [6, 6.07) is 10.8. The number of thiol groups is 1. The summed E-state index contributed by atoms with van der Waals surface area (Å²) < 4.78 is 28.4. The highest BCUT2D eigenvalue weighted by atomic mass is 32.1. The van der Waals surface area contributed by atoms with E-state index < -0.39 is 58.7 Å². The van der Waals surface area contributed by atoms with Gasteiger partial charge in [0.2, 0.25) is 47.2 Å². The van der Waals surface area contributed by atoms with Crippen molar-refractivity contribution in [2.75, 3.05) is 81.0 Å². The summed E-state index contributed by atoms with van der Waals surface area (Å²) >= 11 is 4.07. The maximum Gasteiger partial charge on any atom is 0.291 e. The van der Waals surface area contributed by atoms with Crippen LogP contribution >= 0.6 is 12.6 Å². The quantitative estimate of drug-likeness (QED) is 0.0136. The molecule has 0 saturated carbocycles. The van der Waals surface area contributed by atoms with Gasteiger partial charge in [-0.3, -0.25) is 67.2 Å². The summed E-state index contributed by atoms with van der Waals surface area (Å²) in [6.07, 6.45) is 8.89. The molecular formula is C65H77N15O15S. The van der Waals surface area contributed by atoms with Crippen LogP contribution in [0.3, 0.4) is 0 Å². The van der Waals surface area contributed by atoms with Crippen LogP contribution in [-0.4, -0.2) is 187 Å². The van der Waals surface area contributed by atoms with Gasteiger partial charge in [-0.1, -0.05) is 26.0 Å². The number of aryl methyl sites for hydroxylation is 3. The maximum atomic E-state index is 14.0. The Labute approximate surface area is 557 Å². The number of nitrogens with one attached hydrogen (secondary N) is 7. The standard InChI is InChI=1S/C65H77N15O15S/c1-36(2)57(74-55(83)15-20-93-22-23-94-21-16-66-53(81)14-18-79-56(84)30-51(96)65(79)91)61(87)68-38(4)59(85)69-40-11-12-46-39(25-40)13-17-78(46)64(90)48-27-42(34-76(48)6)70-60(86)47-26-41(33-75(47)5)71-62(88)58-73-52(35-77(58)7)72-54(82)10-9-19-95-50-29-45-44(28-49(50)92-8)63(89)80-32-37(3)24-43(80)31-67-45/h11-13,17,25-29,31,33-36,38,43,51,57,96H,3,9-10,14-16,18-24,30,32H2,1-2,4-8H3,(H,66,81)(H,68,87)(H,69,85)(H,70,86)(H,71,88)(H,72,82)(H,74,83)/t38-,43-,51?,57-/m0/s1. The van der Waals surface area contributed by atoms with Crippen LogP contribution in [0.25, 0.3) is 10.9 Å². The second-order valence-electron chi connectivity index (χ2n) is 23.6. The van der Waals surface area contributed by atoms with E-state index in [4.69, 9.17) is 18.9 Å². The molecule has 10 amide bonds. The number of ether oxygens (including phenoxy) is 4. The van der Waals surface area contributed by atoms with Gasteiger partial charge in [0.15, 0.2) is 17.3 Å². The first-order chi connectivity index (χ1) is 45.8. The van der Waals surface area contributed by atoms with E-state index in [-0.39, 0.29) is 136 Å². The summed E-state index contributed by atoms with van der Waals surface area (Å²) in [6.45, 7) is 10.4. The Bertz CT molecular complexity index is 4070. The van der Waals surface area contributed by atoms with Gasteiger partial charge >= 0.3 is 0 Å². The van der Waals surface area contributed by atoms with Crippen molar-refractivity contribution in [3.8, 4) is 11.5 Å². The van der Waals surface area contributed by atoms with E-state index in [0.29, 0.717) is 64.4 Å². The first kappa shape index (κ1) is 69.9. The molecule has 4 atom stereocenters. The van der Waals surface area contributed by atoms with Gasteiger partial charge in [0.05, 0.1) is 79.6 Å². The lowest BCUT2D eigenvalue weighted by Gasteiger charge is -2.24. The molecule has 2 fully saturated rings. The van der Waals surface area contributed by atoms with Crippen molar-refractivity contribution in [1.29, 1.82) is 0 Å². The number of rotatable bonds is 30. The van der Waals surface area contributed by atoms with Gasteiger partial charge < -0.3 is 74.8 Å². The molecule has 6 aromatic rings. The van der Waals surface area contributed by atoms with Crippen molar-refractivity contribution < 1.29 is 71.7 Å². The van der Waals surface area contributed by atoms with Crippen LogP contribution in [0.2, 0.25) is 0 Å². The molecule has 30 nitrogen and oxygen atoms in total. The average Bonchev–Trinajstić information content (AvgIpc) is 1.59. The van der Waals surface area contributed by atoms with Crippen molar-refractivity contribution in [2.24, 2.45) is 32.1 Å². The summed E-state index contributed by atoms with van der Waals surface area (Å²) in [5.74, 6) is -4.23. The molecule has 2 aromatic carbocycles. The third kappa shape index (κ3) is 17.1. The number of likely N-dealkylation sites (tertiary alicyclic amines) is 1. The van der Waals surface area contributed by atoms with E-state index in [0.717, 1.165) is 10.5 Å². The van der Waals surface area contributed by atoms with Crippen molar-refractivity contribution in [3.63, 3.8) is 0 Å². The number of hydrogen-bond acceptors (Lipinski definition) is 18. The molecular weight excluding hydrogens is 1260 g/mol.